The molecular weight excluding hydrogens is 275 g/mol. The predicted octanol–water partition coefficient (Wildman–Crippen LogP) is 2.05. The van der Waals surface area contributed by atoms with Crippen LogP contribution in [0.15, 0.2) is 18.2 Å². The van der Waals surface area contributed by atoms with Gasteiger partial charge in [0.15, 0.2) is 0 Å². The minimum absolute atomic E-state index is 0.0946. The molecule has 5 heteroatoms. The summed E-state index contributed by atoms with van der Waals surface area (Å²) in [7, 11) is 0. The minimum atomic E-state index is -0.308. The summed E-state index contributed by atoms with van der Waals surface area (Å²) in [5.41, 5.74) is 6.46. The first kappa shape index (κ1) is 15.4. The van der Waals surface area contributed by atoms with Crippen molar-refractivity contribution in [1.82, 2.24) is 4.90 Å². The zero-order chi connectivity index (χ0) is 14.7. The van der Waals surface area contributed by atoms with E-state index in [9.17, 15) is 9.50 Å². The second-order valence-corrected chi connectivity index (χ2v) is 5.94. The molecule has 3 N–H and O–H groups in total. The van der Waals surface area contributed by atoms with E-state index in [1.54, 1.807) is 18.2 Å². The number of aliphatic hydroxyl groups excluding tert-OH is 1. The van der Waals surface area contributed by atoms with Crippen LogP contribution < -0.4 is 5.73 Å². The van der Waals surface area contributed by atoms with Crippen molar-refractivity contribution in [3.63, 3.8) is 0 Å². The van der Waals surface area contributed by atoms with Gasteiger partial charge in [-0.2, -0.15) is 0 Å². The van der Waals surface area contributed by atoms with Gasteiger partial charge in [-0.3, -0.25) is 4.90 Å². The van der Waals surface area contributed by atoms with E-state index in [0.29, 0.717) is 23.6 Å². The van der Waals surface area contributed by atoms with Crippen LogP contribution >= 0.6 is 12.2 Å². The molecule has 1 aliphatic rings. The summed E-state index contributed by atoms with van der Waals surface area (Å²) in [5.74, 6) is 0.0525. The lowest BCUT2D eigenvalue weighted by Crippen LogP contribution is -2.36. The van der Waals surface area contributed by atoms with Gasteiger partial charge in [-0.15, -0.1) is 0 Å². The molecule has 0 spiro atoms. The Morgan fingerprint density at radius 2 is 2.15 bits per heavy atom. The van der Waals surface area contributed by atoms with Crippen molar-refractivity contribution in [1.29, 1.82) is 0 Å². The largest absolute Gasteiger partial charge is 0.393 e. The van der Waals surface area contributed by atoms with Gasteiger partial charge in [-0.25, -0.2) is 4.39 Å². The standard InChI is InChI=1S/C15H21FN2OS/c1-10(19)11-5-7-18(8-6-11)9-12-3-2-4-13(14(12)16)15(17)20/h2-4,10-11,19H,5-9H2,1H3,(H2,17,20). The Hall–Kier alpha value is -1.04. The molecule has 0 saturated carbocycles. The smallest absolute Gasteiger partial charge is 0.137 e. The molecule has 3 nitrogen and oxygen atoms in total. The average molecular weight is 296 g/mol. The molecule has 20 heavy (non-hydrogen) atoms. The van der Waals surface area contributed by atoms with Gasteiger partial charge in [0.1, 0.15) is 10.8 Å². The average Bonchev–Trinajstić information content (AvgIpc) is 2.41. The van der Waals surface area contributed by atoms with Crippen molar-refractivity contribution in [2.75, 3.05) is 13.1 Å². The van der Waals surface area contributed by atoms with E-state index in [-0.39, 0.29) is 16.9 Å². The van der Waals surface area contributed by atoms with Gasteiger partial charge in [-0.05, 0) is 44.8 Å². The molecule has 1 fully saturated rings. The lowest BCUT2D eigenvalue weighted by molar-refractivity contribution is 0.0692. The van der Waals surface area contributed by atoms with Crippen LogP contribution in [-0.2, 0) is 6.54 Å². The SMILES string of the molecule is CC(O)C1CCN(Cc2cccc(C(N)=S)c2F)CC1. The Morgan fingerprint density at radius 3 is 2.70 bits per heavy atom. The number of benzene rings is 1. The second kappa shape index (κ2) is 6.61. The van der Waals surface area contributed by atoms with Crippen molar-refractivity contribution in [2.24, 2.45) is 11.7 Å². The van der Waals surface area contributed by atoms with Gasteiger partial charge in [0, 0.05) is 17.7 Å². The van der Waals surface area contributed by atoms with E-state index in [2.05, 4.69) is 4.90 Å². The number of rotatable bonds is 4. The van der Waals surface area contributed by atoms with E-state index >= 15 is 0 Å². The van der Waals surface area contributed by atoms with Gasteiger partial charge < -0.3 is 10.8 Å². The molecular formula is C15H21FN2OS. The van der Waals surface area contributed by atoms with Gasteiger partial charge in [0.05, 0.1) is 6.10 Å². The lowest BCUT2D eigenvalue weighted by atomic mass is 9.92. The summed E-state index contributed by atoms with van der Waals surface area (Å²) in [5, 5.41) is 9.59. The minimum Gasteiger partial charge on any atom is -0.393 e. The Morgan fingerprint density at radius 1 is 1.50 bits per heavy atom. The number of likely N-dealkylation sites (tertiary alicyclic amines) is 1. The summed E-state index contributed by atoms with van der Waals surface area (Å²) >= 11 is 4.85. The molecule has 1 saturated heterocycles. The maximum Gasteiger partial charge on any atom is 0.137 e. The number of piperidine rings is 1. The van der Waals surface area contributed by atoms with Gasteiger partial charge in [-0.1, -0.05) is 24.4 Å². The third-order valence-electron chi connectivity index (χ3n) is 4.05. The van der Waals surface area contributed by atoms with Crippen molar-refractivity contribution < 1.29 is 9.50 Å². The van der Waals surface area contributed by atoms with E-state index in [1.165, 1.54) is 0 Å². The number of halogens is 1. The van der Waals surface area contributed by atoms with Crippen molar-refractivity contribution in [2.45, 2.75) is 32.4 Å². The number of thiocarbonyl (C=S) groups is 1. The third kappa shape index (κ3) is 3.53. The molecule has 0 aliphatic carbocycles. The number of hydrogen-bond donors (Lipinski definition) is 2. The van der Waals surface area contributed by atoms with Gasteiger partial charge in [0.2, 0.25) is 0 Å². The van der Waals surface area contributed by atoms with E-state index < -0.39 is 0 Å². The molecule has 1 aromatic carbocycles. The van der Waals surface area contributed by atoms with Crippen LogP contribution in [0, 0.1) is 11.7 Å². The number of aliphatic hydroxyl groups is 1. The molecule has 0 radical (unpaired) electrons. The van der Waals surface area contributed by atoms with Crippen LogP contribution in [0.3, 0.4) is 0 Å². The van der Waals surface area contributed by atoms with Crippen molar-refractivity contribution in [3.05, 3.63) is 35.1 Å². The predicted molar refractivity (Wildman–Crippen MR) is 82.0 cm³/mol. The van der Waals surface area contributed by atoms with Crippen molar-refractivity contribution in [3.8, 4) is 0 Å². The number of hydrogen-bond acceptors (Lipinski definition) is 3. The summed E-state index contributed by atoms with van der Waals surface area (Å²) < 4.78 is 14.2. The fourth-order valence-electron chi connectivity index (χ4n) is 2.73. The maximum atomic E-state index is 14.2. The highest BCUT2D eigenvalue weighted by Crippen LogP contribution is 2.23. The highest BCUT2D eigenvalue weighted by Gasteiger charge is 2.23. The number of nitrogens with zero attached hydrogens (tertiary/aromatic N) is 1. The number of nitrogens with two attached hydrogens (primary N) is 1. The fraction of sp³-hybridized carbons (Fsp3) is 0.533. The summed E-state index contributed by atoms with van der Waals surface area (Å²) in [6.45, 7) is 4.17. The van der Waals surface area contributed by atoms with E-state index in [1.807, 2.05) is 6.92 Å². The first-order chi connectivity index (χ1) is 9.49. The van der Waals surface area contributed by atoms with Crippen molar-refractivity contribution >= 4 is 17.2 Å². The summed E-state index contributed by atoms with van der Waals surface area (Å²) in [4.78, 5) is 2.30. The van der Waals surface area contributed by atoms with Crippen LogP contribution in [0.2, 0.25) is 0 Å². The Bertz CT molecular complexity index is 485. The summed E-state index contributed by atoms with van der Waals surface area (Å²) in [6.07, 6.45) is 1.65. The fourth-order valence-corrected chi connectivity index (χ4v) is 2.88. The zero-order valence-corrected chi connectivity index (χ0v) is 12.5. The van der Waals surface area contributed by atoms with Crippen LogP contribution in [-0.4, -0.2) is 34.2 Å². The van der Waals surface area contributed by atoms with E-state index in [0.717, 1.165) is 25.9 Å². The molecule has 0 bridgehead atoms. The molecule has 1 aromatic rings. The van der Waals surface area contributed by atoms with Gasteiger partial charge in [0.25, 0.3) is 0 Å². The van der Waals surface area contributed by atoms with Crippen LogP contribution in [0.5, 0.6) is 0 Å². The normalized spacial score (nSPS) is 18.9. The zero-order valence-electron chi connectivity index (χ0n) is 11.7. The topological polar surface area (TPSA) is 49.5 Å². The lowest BCUT2D eigenvalue weighted by Gasteiger charge is -2.33. The van der Waals surface area contributed by atoms with E-state index in [4.69, 9.17) is 18.0 Å². The highest BCUT2D eigenvalue weighted by atomic mass is 32.1. The third-order valence-corrected chi connectivity index (χ3v) is 4.27. The Balaban J connectivity index is 2.01. The second-order valence-electron chi connectivity index (χ2n) is 5.50. The molecule has 2 rings (SSSR count). The Kier molecular flexibility index (Phi) is 5.07. The van der Waals surface area contributed by atoms with Gasteiger partial charge >= 0.3 is 0 Å². The van der Waals surface area contributed by atoms with Crippen LogP contribution in [0.1, 0.15) is 30.9 Å². The molecule has 1 heterocycles. The van der Waals surface area contributed by atoms with Crippen LogP contribution in [0.4, 0.5) is 4.39 Å². The molecule has 1 unspecified atom stereocenters. The molecule has 0 amide bonds. The Labute approximate surface area is 124 Å². The summed E-state index contributed by atoms with van der Waals surface area (Å²) in [6, 6.07) is 5.17. The monoisotopic (exact) mass is 296 g/mol. The first-order valence-electron chi connectivity index (χ1n) is 6.96. The molecule has 110 valence electrons. The quantitative estimate of drug-likeness (QED) is 0.835. The molecule has 1 aliphatic heterocycles. The molecule has 1 atom stereocenters. The highest BCUT2D eigenvalue weighted by molar-refractivity contribution is 7.80. The van der Waals surface area contributed by atoms with Crippen LogP contribution in [0.25, 0.3) is 0 Å². The molecule has 0 aromatic heterocycles. The maximum absolute atomic E-state index is 14.2. The first-order valence-corrected chi connectivity index (χ1v) is 7.37.